The molecule has 9 heteroatoms. The minimum absolute atomic E-state index is 0.0346. The van der Waals surface area contributed by atoms with Gasteiger partial charge in [0.05, 0.1) is 6.04 Å². The van der Waals surface area contributed by atoms with Gasteiger partial charge in [0.2, 0.25) is 5.91 Å². The molecule has 1 aromatic heterocycles. The fourth-order valence-electron chi connectivity index (χ4n) is 2.57. The average molecular weight is 374 g/mol. The van der Waals surface area contributed by atoms with Crippen LogP contribution in [0.5, 0.6) is 0 Å². The zero-order valence-corrected chi connectivity index (χ0v) is 16.1. The lowest BCUT2D eigenvalue weighted by Crippen LogP contribution is -2.33. The predicted molar refractivity (Wildman–Crippen MR) is 103 cm³/mol. The Balaban J connectivity index is 2.02. The van der Waals surface area contributed by atoms with E-state index in [1.54, 1.807) is 16.8 Å². The summed E-state index contributed by atoms with van der Waals surface area (Å²) in [4.78, 5) is 28.3. The fraction of sp³-hybridized carbons (Fsp3) is 0.444. The second kappa shape index (κ2) is 9.67. The third kappa shape index (κ3) is 5.78. The van der Waals surface area contributed by atoms with E-state index in [0.29, 0.717) is 17.2 Å². The third-order valence-electron chi connectivity index (χ3n) is 3.86. The number of benzene rings is 1. The van der Waals surface area contributed by atoms with Crippen molar-refractivity contribution in [1.82, 2.24) is 20.1 Å². The number of amides is 3. The summed E-state index contributed by atoms with van der Waals surface area (Å²) >= 11 is 0. The van der Waals surface area contributed by atoms with Gasteiger partial charge < -0.3 is 20.7 Å². The van der Waals surface area contributed by atoms with Crippen LogP contribution in [0.4, 0.5) is 16.2 Å². The molecule has 0 unspecified atom stereocenters. The Morgan fingerprint density at radius 3 is 2.78 bits per heavy atom. The molecule has 0 saturated heterocycles. The summed E-state index contributed by atoms with van der Waals surface area (Å²) in [6, 6.07) is 4.62. The van der Waals surface area contributed by atoms with E-state index in [-0.39, 0.29) is 24.6 Å². The van der Waals surface area contributed by atoms with E-state index in [2.05, 4.69) is 33.0 Å². The maximum absolute atomic E-state index is 12.4. The molecule has 0 spiro atoms. The second-order valence-electron chi connectivity index (χ2n) is 6.17. The molecule has 0 radical (unpaired) electrons. The monoisotopic (exact) mass is 374 g/mol. The molecule has 3 N–H and O–H groups in total. The van der Waals surface area contributed by atoms with Crippen molar-refractivity contribution in [2.75, 3.05) is 24.4 Å². The fourth-order valence-corrected chi connectivity index (χ4v) is 2.57. The standard InChI is InChI=1S/C18H26N6O3/c1-5-8-24-17(19-11-20-24)13(3)21-18(26)23-15-9-14(7-6-12(15)2)22-16(25)10-27-4/h6-7,9,11,13H,5,8,10H2,1-4H3,(H,22,25)(H2,21,23,26)/t13-/m1/s1. The van der Waals surface area contributed by atoms with Gasteiger partial charge in [-0.05, 0) is 38.0 Å². The van der Waals surface area contributed by atoms with Gasteiger partial charge in [-0.2, -0.15) is 5.10 Å². The second-order valence-corrected chi connectivity index (χ2v) is 6.17. The van der Waals surface area contributed by atoms with Crippen LogP contribution in [0.25, 0.3) is 0 Å². The van der Waals surface area contributed by atoms with E-state index in [4.69, 9.17) is 4.74 Å². The first kappa shape index (κ1) is 20.4. The van der Waals surface area contributed by atoms with Gasteiger partial charge in [-0.1, -0.05) is 13.0 Å². The van der Waals surface area contributed by atoms with Crippen LogP contribution in [0.2, 0.25) is 0 Å². The number of aromatic nitrogens is 3. The highest BCUT2D eigenvalue weighted by molar-refractivity contribution is 5.94. The number of nitrogens with one attached hydrogen (secondary N) is 3. The van der Waals surface area contributed by atoms with Crippen LogP contribution in [0, 0.1) is 6.92 Å². The van der Waals surface area contributed by atoms with Crippen LogP contribution >= 0.6 is 0 Å². The van der Waals surface area contributed by atoms with Gasteiger partial charge in [0.25, 0.3) is 0 Å². The smallest absolute Gasteiger partial charge is 0.319 e. The lowest BCUT2D eigenvalue weighted by Gasteiger charge is -2.16. The molecule has 27 heavy (non-hydrogen) atoms. The Morgan fingerprint density at radius 1 is 1.30 bits per heavy atom. The van der Waals surface area contributed by atoms with E-state index in [1.165, 1.54) is 13.4 Å². The van der Waals surface area contributed by atoms with Crippen molar-refractivity contribution in [2.24, 2.45) is 0 Å². The molecular weight excluding hydrogens is 348 g/mol. The SMILES string of the molecule is CCCn1ncnc1[C@@H](C)NC(=O)Nc1cc(NC(=O)COC)ccc1C. The van der Waals surface area contributed by atoms with E-state index < -0.39 is 0 Å². The topological polar surface area (TPSA) is 110 Å². The average Bonchev–Trinajstić information content (AvgIpc) is 3.07. The lowest BCUT2D eigenvalue weighted by molar-refractivity contribution is -0.119. The Morgan fingerprint density at radius 2 is 2.07 bits per heavy atom. The van der Waals surface area contributed by atoms with Crippen molar-refractivity contribution in [3.05, 3.63) is 35.9 Å². The molecule has 0 aliphatic carbocycles. The van der Waals surface area contributed by atoms with Crippen molar-refractivity contribution in [3.63, 3.8) is 0 Å². The van der Waals surface area contributed by atoms with Crippen LogP contribution < -0.4 is 16.0 Å². The maximum atomic E-state index is 12.4. The molecular formula is C18H26N6O3. The number of hydrogen-bond donors (Lipinski definition) is 3. The van der Waals surface area contributed by atoms with Crippen LogP contribution in [0.1, 0.15) is 37.7 Å². The number of carbonyl (C=O) groups is 2. The number of anilines is 2. The van der Waals surface area contributed by atoms with E-state index in [0.717, 1.165) is 18.5 Å². The predicted octanol–water partition coefficient (Wildman–Crippen LogP) is 2.46. The van der Waals surface area contributed by atoms with Gasteiger partial charge in [-0.25, -0.2) is 14.5 Å². The Kier molecular flexibility index (Phi) is 7.30. The van der Waals surface area contributed by atoms with Gasteiger partial charge in [0, 0.05) is 25.0 Å². The van der Waals surface area contributed by atoms with Crippen molar-refractivity contribution in [3.8, 4) is 0 Å². The highest BCUT2D eigenvalue weighted by Gasteiger charge is 2.16. The van der Waals surface area contributed by atoms with Crippen molar-refractivity contribution in [2.45, 2.75) is 39.8 Å². The quantitative estimate of drug-likeness (QED) is 0.657. The summed E-state index contributed by atoms with van der Waals surface area (Å²) in [7, 11) is 1.45. The number of hydrogen-bond acceptors (Lipinski definition) is 5. The van der Waals surface area contributed by atoms with Crippen LogP contribution in [0.3, 0.4) is 0 Å². The Hall–Kier alpha value is -2.94. The highest BCUT2D eigenvalue weighted by atomic mass is 16.5. The van der Waals surface area contributed by atoms with Gasteiger partial charge in [0.15, 0.2) is 0 Å². The summed E-state index contributed by atoms with van der Waals surface area (Å²) in [5.41, 5.74) is 2.05. The van der Waals surface area contributed by atoms with E-state index in [1.807, 2.05) is 19.9 Å². The molecule has 1 heterocycles. The molecule has 0 fully saturated rings. The molecule has 9 nitrogen and oxygen atoms in total. The zero-order valence-electron chi connectivity index (χ0n) is 16.1. The summed E-state index contributed by atoms with van der Waals surface area (Å²) in [6.45, 7) is 6.48. The number of rotatable bonds is 8. The van der Waals surface area contributed by atoms with Crippen LogP contribution in [0.15, 0.2) is 24.5 Å². The molecule has 2 aromatic rings. The molecule has 0 aliphatic rings. The molecule has 1 aromatic carbocycles. The Labute approximate surface area is 158 Å². The minimum Gasteiger partial charge on any atom is -0.375 e. The van der Waals surface area contributed by atoms with Gasteiger partial charge in [-0.3, -0.25) is 4.79 Å². The summed E-state index contributed by atoms with van der Waals surface area (Å²) in [6.07, 6.45) is 2.41. The third-order valence-corrected chi connectivity index (χ3v) is 3.86. The number of urea groups is 1. The number of carbonyl (C=O) groups excluding carboxylic acids is 2. The first-order valence-electron chi connectivity index (χ1n) is 8.79. The largest absolute Gasteiger partial charge is 0.375 e. The molecule has 0 saturated carbocycles. The van der Waals surface area contributed by atoms with Crippen molar-refractivity contribution < 1.29 is 14.3 Å². The summed E-state index contributed by atoms with van der Waals surface area (Å²) in [5, 5.41) is 12.5. The molecule has 0 bridgehead atoms. The summed E-state index contributed by atoms with van der Waals surface area (Å²) < 4.78 is 6.58. The van der Waals surface area contributed by atoms with Gasteiger partial charge >= 0.3 is 6.03 Å². The molecule has 3 amide bonds. The first-order chi connectivity index (χ1) is 12.9. The van der Waals surface area contributed by atoms with Crippen LogP contribution in [-0.2, 0) is 16.1 Å². The molecule has 146 valence electrons. The molecule has 1 atom stereocenters. The van der Waals surface area contributed by atoms with E-state index >= 15 is 0 Å². The van der Waals surface area contributed by atoms with Crippen LogP contribution in [-0.4, -0.2) is 40.4 Å². The van der Waals surface area contributed by atoms with Gasteiger partial charge in [0.1, 0.15) is 18.8 Å². The maximum Gasteiger partial charge on any atom is 0.319 e. The normalized spacial score (nSPS) is 11.7. The highest BCUT2D eigenvalue weighted by Crippen LogP contribution is 2.20. The van der Waals surface area contributed by atoms with E-state index in [9.17, 15) is 9.59 Å². The Bertz CT molecular complexity index is 789. The lowest BCUT2D eigenvalue weighted by atomic mass is 10.2. The van der Waals surface area contributed by atoms with Crippen molar-refractivity contribution in [1.29, 1.82) is 0 Å². The number of methoxy groups -OCH3 is 1. The van der Waals surface area contributed by atoms with Crippen molar-refractivity contribution >= 4 is 23.3 Å². The molecule has 0 aliphatic heterocycles. The number of ether oxygens (including phenoxy) is 1. The number of nitrogens with zero attached hydrogens (tertiary/aromatic N) is 3. The first-order valence-corrected chi connectivity index (χ1v) is 8.79. The minimum atomic E-state index is -0.364. The number of aryl methyl sites for hydroxylation is 2. The van der Waals surface area contributed by atoms with Gasteiger partial charge in [-0.15, -0.1) is 0 Å². The summed E-state index contributed by atoms with van der Waals surface area (Å²) in [5.74, 6) is 0.435. The molecule has 2 rings (SSSR count). The zero-order chi connectivity index (χ0) is 19.8.